The highest BCUT2D eigenvalue weighted by Gasteiger charge is 2.22. The van der Waals surface area contributed by atoms with E-state index in [2.05, 4.69) is 0 Å². The monoisotopic (exact) mass is 212 g/mol. The molecule has 1 atom stereocenters. The lowest BCUT2D eigenvalue weighted by Gasteiger charge is -2.19. The third kappa shape index (κ3) is 4.45. The molecule has 0 saturated heterocycles. The van der Waals surface area contributed by atoms with Gasteiger partial charge < -0.3 is 4.74 Å². The minimum absolute atomic E-state index is 0.118. The first kappa shape index (κ1) is 12.2. The molecule has 0 aromatic heterocycles. The Morgan fingerprint density at radius 2 is 2.27 bits per heavy atom. The van der Waals surface area contributed by atoms with Gasteiger partial charge in [0, 0.05) is 18.8 Å². The molecule has 0 spiro atoms. The van der Waals surface area contributed by atoms with Crippen molar-refractivity contribution in [1.29, 1.82) is 0 Å². The summed E-state index contributed by atoms with van der Waals surface area (Å²) in [6.07, 6.45) is 5.75. The standard InChI is InChI=1S/C12H20O3/c1-2-9-15-12(14)8-7-10-5-3-4-6-11(10)13/h10H,2-9H2,1H3. The maximum atomic E-state index is 11.5. The van der Waals surface area contributed by atoms with Crippen molar-refractivity contribution in [3.63, 3.8) is 0 Å². The predicted octanol–water partition coefficient (Wildman–Crippen LogP) is 2.48. The fourth-order valence-electron chi connectivity index (χ4n) is 1.94. The third-order valence-corrected chi connectivity index (χ3v) is 2.85. The molecule has 0 radical (unpaired) electrons. The minimum Gasteiger partial charge on any atom is -0.466 e. The van der Waals surface area contributed by atoms with Gasteiger partial charge in [0.25, 0.3) is 0 Å². The Hall–Kier alpha value is -0.860. The normalized spacial score (nSPS) is 21.4. The number of rotatable bonds is 5. The largest absolute Gasteiger partial charge is 0.466 e. The van der Waals surface area contributed by atoms with Gasteiger partial charge in [-0.1, -0.05) is 13.3 Å². The van der Waals surface area contributed by atoms with Crippen molar-refractivity contribution >= 4 is 11.8 Å². The van der Waals surface area contributed by atoms with Gasteiger partial charge in [0.05, 0.1) is 6.61 Å². The lowest BCUT2D eigenvalue weighted by Crippen LogP contribution is -2.20. The van der Waals surface area contributed by atoms with Crippen LogP contribution in [0.25, 0.3) is 0 Å². The third-order valence-electron chi connectivity index (χ3n) is 2.85. The van der Waals surface area contributed by atoms with Gasteiger partial charge >= 0.3 is 5.97 Å². The van der Waals surface area contributed by atoms with Gasteiger partial charge in [0.2, 0.25) is 0 Å². The highest BCUT2D eigenvalue weighted by Crippen LogP contribution is 2.24. The molecule has 86 valence electrons. The molecule has 1 fully saturated rings. The van der Waals surface area contributed by atoms with Crippen LogP contribution in [0.2, 0.25) is 0 Å². The Bertz CT molecular complexity index is 223. The predicted molar refractivity (Wildman–Crippen MR) is 57.4 cm³/mol. The van der Waals surface area contributed by atoms with Crippen LogP contribution in [0.5, 0.6) is 0 Å². The summed E-state index contributed by atoms with van der Waals surface area (Å²) in [5.41, 5.74) is 0. The Kier molecular flexibility index (Phi) is 5.37. The number of esters is 1. The van der Waals surface area contributed by atoms with Crippen LogP contribution in [0.4, 0.5) is 0 Å². The van der Waals surface area contributed by atoms with E-state index in [1.807, 2.05) is 6.92 Å². The number of hydrogen-bond donors (Lipinski definition) is 0. The molecule has 0 aliphatic heterocycles. The summed E-state index contributed by atoms with van der Waals surface area (Å²) in [7, 11) is 0. The van der Waals surface area contributed by atoms with E-state index in [4.69, 9.17) is 4.74 Å². The van der Waals surface area contributed by atoms with Crippen LogP contribution in [-0.4, -0.2) is 18.4 Å². The second kappa shape index (κ2) is 6.59. The van der Waals surface area contributed by atoms with Crippen LogP contribution in [0.15, 0.2) is 0 Å². The smallest absolute Gasteiger partial charge is 0.305 e. The molecule has 1 unspecified atom stereocenters. The average Bonchev–Trinajstić information content (AvgIpc) is 2.25. The summed E-state index contributed by atoms with van der Waals surface area (Å²) in [6, 6.07) is 0. The van der Waals surface area contributed by atoms with Crippen molar-refractivity contribution in [3.8, 4) is 0 Å². The lowest BCUT2D eigenvalue weighted by atomic mass is 9.85. The Labute approximate surface area is 91.2 Å². The van der Waals surface area contributed by atoms with E-state index >= 15 is 0 Å². The molecule has 1 aliphatic rings. The summed E-state index contributed by atoms with van der Waals surface area (Å²) < 4.78 is 4.97. The maximum Gasteiger partial charge on any atom is 0.305 e. The lowest BCUT2D eigenvalue weighted by molar-refractivity contribution is -0.144. The van der Waals surface area contributed by atoms with Crippen molar-refractivity contribution in [1.82, 2.24) is 0 Å². The summed E-state index contributed by atoms with van der Waals surface area (Å²) in [5.74, 6) is 0.299. The molecule has 0 N–H and O–H groups in total. The molecule has 1 rings (SSSR count). The Morgan fingerprint density at radius 1 is 1.47 bits per heavy atom. The van der Waals surface area contributed by atoms with Crippen molar-refractivity contribution < 1.29 is 14.3 Å². The second-order valence-electron chi connectivity index (χ2n) is 4.17. The van der Waals surface area contributed by atoms with Crippen molar-refractivity contribution in [2.45, 2.75) is 51.9 Å². The number of carbonyl (C=O) groups is 2. The van der Waals surface area contributed by atoms with E-state index < -0.39 is 0 Å². The maximum absolute atomic E-state index is 11.5. The zero-order valence-electron chi connectivity index (χ0n) is 9.46. The van der Waals surface area contributed by atoms with Gasteiger partial charge in [-0.2, -0.15) is 0 Å². The van der Waals surface area contributed by atoms with Crippen LogP contribution >= 0.6 is 0 Å². The number of hydrogen-bond acceptors (Lipinski definition) is 3. The molecule has 3 heteroatoms. The van der Waals surface area contributed by atoms with Gasteiger partial charge in [-0.25, -0.2) is 0 Å². The fraction of sp³-hybridized carbons (Fsp3) is 0.833. The van der Waals surface area contributed by atoms with Gasteiger partial charge in [-0.05, 0) is 25.7 Å². The van der Waals surface area contributed by atoms with E-state index in [-0.39, 0.29) is 11.9 Å². The molecule has 0 aromatic carbocycles. The van der Waals surface area contributed by atoms with Gasteiger partial charge in [-0.3, -0.25) is 9.59 Å². The SMILES string of the molecule is CCCOC(=O)CCC1CCCCC1=O. The number of ketones is 1. The van der Waals surface area contributed by atoms with Crippen molar-refractivity contribution in [2.24, 2.45) is 5.92 Å². The van der Waals surface area contributed by atoms with E-state index in [1.54, 1.807) is 0 Å². The topological polar surface area (TPSA) is 43.4 Å². The van der Waals surface area contributed by atoms with E-state index in [0.29, 0.717) is 31.7 Å². The highest BCUT2D eigenvalue weighted by atomic mass is 16.5. The second-order valence-corrected chi connectivity index (χ2v) is 4.17. The van der Waals surface area contributed by atoms with Crippen LogP contribution in [0, 0.1) is 5.92 Å². The molecule has 1 saturated carbocycles. The van der Waals surface area contributed by atoms with Crippen molar-refractivity contribution in [3.05, 3.63) is 0 Å². The fourth-order valence-corrected chi connectivity index (χ4v) is 1.94. The molecular formula is C12H20O3. The van der Waals surface area contributed by atoms with Gasteiger partial charge in [0.15, 0.2) is 0 Å². The summed E-state index contributed by atoms with van der Waals surface area (Å²) in [6.45, 7) is 2.47. The first-order valence-electron chi connectivity index (χ1n) is 5.92. The zero-order chi connectivity index (χ0) is 11.1. The van der Waals surface area contributed by atoms with Crippen molar-refractivity contribution in [2.75, 3.05) is 6.61 Å². The average molecular weight is 212 g/mol. The zero-order valence-corrected chi connectivity index (χ0v) is 9.46. The number of ether oxygens (including phenoxy) is 1. The first-order chi connectivity index (χ1) is 7.24. The Balaban J connectivity index is 2.17. The molecule has 0 bridgehead atoms. The minimum atomic E-state index is -0.157. The van der Waals surface area contributed by atoms with Crippen LogP contribution in [0.1, 0.15) is 51.9 Å². The van der Waals surface area contributed by atoms with E-state index in [0.717, 1.165) is 25.7 Å². The summed E-state index contributed by atoms with van der Waals surface area (Å²) in [4.78, 5) is 22.7. The molecule has 1 aliphatic carbocycles. The molecular weight excluding hydrogens is 192 g/mol. The summed E-state index contributed by atoms with van der Waals surface area (Å²) >= 11 is 0. The van der Waals surface area contributed by atoms with Crippen LogP contribution in [0.3, 0.4) is 0 Å². The van der Waals surface area contributed by atoms with Crippen LogP contribution in [-0.2, 0) is 14.3 Å². The Morgan fingerprint density at radius 3 is 2.93 bits per heavy atom. The number of Topliss-reactive ketones (excluding diaryl/α,β-unsaturated/α-hetero) is 1. The highest BCUT2D eigenvalue weighted by molar-refractivity contribution is 5.82. The quantitative estimate of drug-likeness (QED) is 0.657. The first-order valence-corrected chi connectivity index (χ1v) is 5.92. The van der Waals surface area contributed by atoms with Gasteiger partial charge in [0.1, 0.15) is 5.78 Å². The number of carbonyl (C=O) groups excluding carboxylic acids is 2. The molecule has 15 heavy (non-hydrogen) atoms. The molecule has 0 heterocycles. The summed E-state index contributed by atoms with van der Waals surface area (Å²) in [5, 5.41) is 0. The molecule has 3 nitrogen and oxygen atoms in total. The molecule has 0 aromatic rings. The van der Waals surface area contributed by atoms with E-state index in [9.17, 15) is 9.59 Å². The molecule has 0 amide bonds. The van der Waals surface area contributed by atoms with Crippen LogP contribution < -0.4 is 0 Å². The van der Waals surface area contributed by atoms with E-state index in [1.165, 1.54) is 0 Å². The van der Waals surface area contributed by atoms with Gasteiger partial charge in [-0.15, -0.1) is 0 Å².